The number of carbonyl (C=O) groups excluding carboxylic acids is 1. The quantitative estimate of drug-likeness (QED) is 0.446. The Morgan fingerprint density at radius 3 is 2.85 bits per heavy atom. The molecule has 0 saturated carbocycles. The summed E-state index contributed by atoms with van der Waals surface area (Å²) in [5, 5.41) is 8.91. The number of piperidine rings is 1. The van der Waals surface area contributed by atoms with E-state index < -0.39 is 0 Å². The van der Waals surface area contributed by atoms with Crippen molar-refractivity contribution in [3.05, 3.63) is 65.8 Å². The lowest BCUT2D eigenvalue weighted by Crippen LogP contribution is -2.38. The summed E-state index contributed by atoms with van der Waals surface area (Å²) in [5.74, 6) is 1.25. The summed E-state index contributed by atoms with van der Waals surface area (Å²) in [6, 6.07) is 11.4. The van der Waals surface area contributed by atoms with Gasteiger partial charge in [0, 0.05) is 22.1 Å². The van der Waals surface area contributed by atoms with Gasteiger partial charge in [-0.25, -0.2) is 9.67 Å². The molecular weight excluding hydrogens is 440 g/mol. The molecule has 3 heterocycles. The molecule has 0 unspecified atom stereocenters. The van der Waals surface area contributed by atoms with E-state index in [1.165, 1.54) is 17.3 Å². The molecule has 2 aromatic carbocycles. The Hall–Kier alpha value is -3.36. The zero-order chi connectivity index (χ0) is 22.8. The van der Waals surface area contributed by atoms with Crippen LogP contribution in [-0.2, 0) is 4.79 Å². The minimum Gasteiger partial charge on any atom is -0.497 e. The fourth-order valence-electron chi connectivity index (χ4n) is 4.52. The minimum absolute atomic E-state index is 0.0751. The number of hydrogen-bond acceptors (Lipinski definition) is 5. The van der Waals surface area contributed by atoms with Crippen LogP contribution < -0.4 is 10.1 Å². The van der Waals surface area contributed by atoms with Gasteiger partial charge in [0.05, 0.1) is 25.0 Å². The van der Waals surface area contributed by atoms with E-state index in [2.05, 4.69) is 43.6 Å². The number of methoxy groups -OCH3 is 1. The van der Waals surface area contributed by atoms with Gasteiger partial charge in [-0.1, -0.05) is 11.6 Å². The number of aromatic nitrogens is 4. The van der Waals surface area contributed by atoms with Crippen LogP contribution in [0.5, 0.6) is 5.75 Å². The standard InChI is InChI=1S/C24H25ClN6O2/c1-33-18-3-4-21-19(11-18)20(12-27-21)16-6-8-30(9-7-16)13-24(32)29-22-10-17(25)2-5-23(22)31-15-26-14-28-31/h2-5,10-12,14-16,27H,6-9,13H2,1H3,(H,29,32). The molecule has 2 N–H and O–H groups in total. The number of halogens is 1. The molecule has 0 atom stereocenters. The average Bonchev–Trinajstić information content (AvgIpc) is 3.49. The predicted molar refractivity (Wildman–Crippen MR) is 128 cm³/mol. The number of likely N-dealkylation sites (tertiary alicyclic amines) is 1. The Kier molecular flexibility index (Phi) is 6.02. The minimum atomic E-state index is -0.0751. The first kappa shape index (κ1) is 21.5. The molecule has 4 aromatic rings. The van der Waals surface area contributed by atoms with Gasteiger partial charge in [-0.05, 0) is 73.8 Å². The average molecular weight is 465 g/mol. The van der Waals surface area contributed by atoms with Crippen LogP contribution in [0.15, 0.2) is 55.2 Å². The van der Waals surface area contributed by atoms with Crippen molar-refractivity contribution in [3.63, 3.8) is 0 Å². The third-order valence-corrected chi connectivity index (χ3v) is 6.45. The van der Waals surface area contributed by atoms with E-state index in [9.17, 15) is 4.79 Å². The van der Waals surface area contributed by atoms with Crippen molar-refractivity contribution in [2.45, 2.75) is 18.8 Å². The van der Waals surface area contributed by atoms with Gasteiger partial charge < -0.3 is 15.0 Å². The van der Waals surface area contributed by atoms with Crippen LogP contribution in [0.4, 0.5) is 5.69 Å². The van der Waals surface area contributed by atoms with Crippen molar-refractivity contribution in [2.75, 3.05) is 32.1 Å². The van der Waals surface area contributed by atoms with Crippen molar-refractivity contribution in [1.29, 1.82) is 0 Å². The van der Waals surface area contributed by atoms with Gasteiger partial charge >= 0.3 is 0 Å². The molecule has 0 radical (unpaired) electrons. The first-order valence-corrected chi connectivity index (χ1v) is 11.3. The van der Waals surface area contributed by atoms with Crippen molar-refractivity contribution in [1.82, 2.24) is 24.6 Å². The van der Waals surface area contributed by atoms with Gasteiger partial charge in [0.1, 0.15) is 18.4 Å². The number of rotatable bonds is 6. The summed E-state index contributed by atoms with van der Waals surface area (Å²) in [4.78, 5) is 22.4. The van der Waals surface area contributed by atoms with E-state index in [-0.39, 0.29) is 5.91 Å². The topological polar surface area (TPSA) is 88.1 Å². The molecule has 2 aromatic heterocycles. The van der Waals surface area contributed by atoms with Crippen LogP contribution >= 0.6 is 11.6 Å². The van der Waals surface area contributed by atoms with Crippen LogP contribution in [-0.4, -0.2) is 57.3 Å². The summed E-state index contributed by atoms with van der Waals surface area (Å²) in [5.41, 5.74) is 3.78. The first-order valence-electron chi connectivity index (χ1n) is 10.9. The summed E-state index contributed by atoms with van der Waals surface area (Å²) >= 11 is 6.16. The monoisotopic (exact) mass is 464 g/mol. The SMILES string of the molecule is COc1ccc2[nH]cc(C3CCN(CC(=O)Nc4cc(Cl)ccc4-n4cncn4)CC3)c2c1. The first-order chi connectivity index (χ1) is 16.1. The van der Waals surface area contributed by atoms with Crippen molar-refractivity contribution in [2.24, 2.45) is 0 Å². The lowest BCUT2D eigenvalue weighted by molar-refractivity contribution is -0.117. The molecule has 0 aliphatic carbocycles. The summed E-state index contributed by atoms with van der Waals surface area (Å²) in [7, 11) is 1.69. The fourth-order valence-corrected chi connectivity index (χ4v) is 4.69. The third kappa shape index (κ3) is 4.58. The zero-order valence-electron chi connectivity index (χ0n) is 18.3. The Morgan fingerprint density at radius 1 is 1.24 bits per heavy atom. The second-order valence-electron chi connectivity index (χ2n) is 8.26. The second kappa shape index (κ2) is 9.25. The van der Waals surface area contributed by atoms with E-state index in [1.54, 1.807) is 30.3 Å². The molecule has 9 heteroatoms. The predicted octanol–water partition coefficient (Wildman–Crippen LogP) is 4.23. The number of benzene rings is 2. The molecule has 5 rings (SSSR count). The molecule has 1 fully saturated rings. The van der Waals surface area contributed by atoms with Gasteiger partial charge in [0.15, 0.2) is 0 Å². The Balaban J connectivity index is 1.22. The van der Waals surface area contributed by atoms with Gasteiger partial charge in [-0.15, -0.1) is 0 Å². The summed E-state index contributed by atoms with van der Waals surface area (Å²) < 4.78 is 7.00. The maximum Gasteiger partial charge on any atom is 0.238 e. The van der Waals surface area contributed by atoms with Crippen molar-refractivity contribution < 1.29 is 9.53 Å². The molecule has 170 valence electrons. The number of aromatic amines is 1. The summed E-state index contributed by atoms with van der Waals surface area (Å²) in [6.45, 7) is 2.05. The highest BCUT2D eigenvalue weighted by Crippen LogP contribution is 2.34. The van der Waals surface area contributed by atoms with Crippen LogP contribution in [0, 0.1) is 0 Å². The van der Waals surface area contributed by atoms with Crippen molar-refractivity contribution in [3.8, 4) is 11.4 Å². The number of nitrogens with zero attached hydrogens (tertiary/aromatic N) is 4. The molecule has 1 amide bonds. The normalized spacial score (nSPS) is 15.1. The number of ether oxygens (including phenoxy) is 1. The highest BCUT2D eigenvalue weighted by Gasteiger charge is 2.24. The van der Waals surface area contributed by atoms with Gasteiger partial charge in [-0.2, -0.15) is 5.10 Å². The third-order valence-electron chi connectivity index (χ3n) is 6.21. The molecule has 1 aliphatic rings. The number of anilines is 1. The van der Waals surface area contributed by atoms with Crippen LogP contribution in [0.25, 0.3) is 16.6 Å². The van der Waals surface area contributed by atoms with Crippen molar-refractivity contribution >= 4 is 34.1 Å². The molecular formula is C24H25ClN6O2. The number of fused-ring (bicyclic) bond motifs is 1. The zero-order valence-corrected chi connectivity index (χ0v) is 19.0. The summed E-state index contributed by atoms with van der Waals surface area (Å²) in [6.07, 6.45) is 7.15. The molecule has 8 nitrogen and oxygen atoms in total. The van der Waals surface area contributed by atoms with Gasteiger partial charge in [-0.3, -0.25) is 9.69 Å². The molecule has 0 spiro atoms. The number of H-pyrrole nitrogens is 1. The largest absolute Gasteiger partial charge is 0.497 e. The van der Waals surface area contributed by atoms with E-state index in [0.717, 1.165) is 42.9 Å². The second-order valence-corrected chi connectivity index (χ2v) is 8.69. The van der Waals surface area contributed by atoms with Gasteiger partial charge in [0.2, 0.25) is 5.91 Å². The van der Waals surface area contributed by atoms with Gasteiger partial charge in [0.25, 0.3) is 0 Å². The lowest BCUT2D eigenvalue weighted by atomic mass is 9.89. The molecule has 1 aliphatic heterocycles. The number of nitrogens with one attached hydrogen (secondary N) is 2. The van der Waals surface area contributed by atoms with E-state index in [4.69, 9.17) is 16.3 Å². The highest BCUT2D eigenvalue weighted by molar-refractivity contribution is 6.31. The van der Waals surface area contributed by atoms with Crippen LogP contribution in [0.3, 0.4) is 0 Å². The molecule has 33 heavy (non-hydrogen) atoms. The van der Waals surface area contributed by atoms with Crippen LogP contribution in [0.2, 0.25) is 5.02 Å². The molecule has 0 bridgehead atoms. The fraction of sp³-hybridized carbons (Fsp3) is 0.292. The smallest absolute Gasteiger partial charge is 0.238 e. The lowest BCUT2D eigenvalue weighted by Gasteiger charge is -2.31. The van der Waals surface area contributed by atoms with E-state index >= 15 is 0 Å². The number of amides is 1. The van der Waals surface area contributed by atoms with Crippen LogP contribution in [0.1, 0.15) is 24.3 Å². The van der Waals surface area contributed by atoms with E-state index in [0.29, 0.717) is 23.2 Å². The number of carbonyl (C=O) groups is 1. The maximum absolute atomic E-state index is 12.8. The Bertz CT molecular complexity index is 1260. The molecule has 1 saturated heterocycles. The Labute approximate surface area is 196 Å². The Morgan fingerprint density at radius 2 is 2.09 bits per heavy atom. The van der Waals surface area contributed by atoms with E-state index in [1.807, 2.05) is 12.1 Å². The highest BCUT2D eigenvalue weighted by atomic mass is 35.5. The maximum atomic E-state index is 12.8. The number of hydrogen-bond donors (Lipinski definition) is 2.